The molecular formula is C7H9N3O2S. The van der Waals surface area contributed by atoms with Crippen LogP contribution >= 0.6 is 0 Å². The Hall–Kier alpha value is -1.35. The number of aryl methyl sites for hydroxylation is 1. The highest BCUT2D eigenvalue weighted by Gasteiger charge is 2.09. The summed E-state index contributed by atoms with van der Waals surface area (Å²) in [6.07, 6.45) is 4.16. The molecule has 0 fully saturated rings. The standard InChI is InChI=1S/C7H9N3O2S/c1-13(11,12)7-5-9-10(6-7)4-2-3-8/h5-6H,2,4H2,1H3. The SMILES string of the molecule is CS(=O)(=O)c1cnn(CCC#N)c1. The van der Waals surface area contributed by atoms with Crippen LogP contribution in [-0.4, -0.2) is 24.5 Å². The molecule has 0 amide bonds. The molecule has 0 aromatic carbocycles. The van der Waals surface area contributed by atoms with Crippen molar-refractivity contribution in [3.63, 3.8) is 0 Å². The van der Waals surface area contributed by atoms with Gasteiger partial charge in [-0.2, -0.15) is 10.4 Å². The highest BCUT2D eigenvalue weighted by atomic mass is 32.2. The molecule has 0 aliphatic carbocycles. The van der Waals surface area contributed by atoms with Crippen molar-refractivity contribution >= 4 is 9.84 Å². The number of hydrogen-bond acceptors (Lipinski definition) is 4. The van der Waals surface area contributed by atoms with Gasteiger partial charge in [-0.3, -0.25) is 4.68 Å². The lowest BCUT2D eigenvalue weighted by atomic mass is 10.5. The molecule has 5 nitrogen and oxygen atoms in total. The molecule has 13 heavy (non-hydrogen) atoms. The first-order valence-electron chi connectivity index (χ1n) is 3.63. The Bertz CT molecular complexity index is 427. The van der Waals surface area contributed by atoms with E-state index in [4.69, 9.17) is 5.26 Å². The van der Waals surface area contributed by atoms with Gasteiger partial charge < -0.3 is 0 Å². The van der Waals surface area contributed by atoms with Gasteiger partial charge >= 0.3 is 0 Å². The number of nitrogens with zero attached hydrogens (tertiary/aromatic N) is 3. The highest BCUT2D eigenvalue weighted by molar-refractivity contribution is 7.90. The lowest BCUT2D eigenvalue weighted by molar-refractivity contribution is 0.600. The fraction of sp³-hybridized carbons (Fsp3) is 0.429. The number of aromatic nitrogens is 2. The summed E-state index contributed by atoms with van der Waals surface area (Å²) in [4.78, 5) is 0.186. The van der Waals surface area contributed by atoms with Crippen molar-refractivity contribution in [1.29, 1.82) is 5.26 Å². The van der Waals surface area contributed by atoms with E-state index in [9.17, 15) is 8.42 Å². The minimum absolute atomic E-state index is 0.186. The quantitative estimate of drug-likeness (QED) is 0.696. The monoisotopic (exact) mass is 199 g/mol. The third-order valence-electron chi connectivity index (χ3n) is 1.49. The van der Waals surface area contributed by atoms with E-state index in [0.29, 0.717) is 13.0 Å². The molecule has 0 saturated heterocycles. The molecule has 0 N–H and O–H groups in total. The first kappa shape index (κ1) is 9.74. The summed E-state index contributed by atoms with van der Waals surface area (Å²) < 4.78 is 23.4. The van der Waals surface area contributed by atoms with Gasteiger partial charge in [-0.25, -0.2) is 8.42 Å². The molecule has 0 bridgehead atoms. The Kier molecular flexibility index (Phi) is 2.68. The summed E-state index contributed by atoms with van der Waals surface area (Å²) in [5, 5.41) is 12.1. The topological polar surface area (TPSA) is 75.8 Å². The number of sulfone groups is 1. The molecule has 70 valence electrons. The normalized spacial score (nSPS) is 11.1. The Morgan fingerprint density at radius 3 is 2.85 bits per heavy atom. The van der Waals surface area contributed by atoms with Crippen LogP contribution in [0.1, 0.15) is 6.42 Å². The molecule has 0 atom stereocenters. The maximum Gasteiger partial charge on any atom is 0.178 e. The van der Waals surface area contributed by atoms with Crippen LogP contribution < -0.4 is 0 Å². The zero-order valence-electron chi connectivity index (χ0n) is 7.14. The lowest BCUT2D eigenvalue weighted by Crippen LogP contribution is -1.98. The predicted octanol–water partition coefficient (Wildman–Crippen LogP) is 0.200. The van der Waals surface area contributed by atoms with Crippen molar-refractivity contribution in [1.82, 2.24) is 9.78 Å². The van der Waals surface area contributed by atoms with Crippen molar-refractivity contribution in [2.45, 2.75) is 17.9 Å². The smallest absolute Gasteiger partial charge is 0.178 e. The van der Waals surface area contributed by atoms with E-state index in [0.717, 1.165) is 6.26 Å². The van der Waals surface area contributed by atoms with Gasteiger partial charge in [0.2, 0.25) is 0 Å². The van der Waals surface area contributed by atoms with Crippen LogP contribution in [0.2, 0.25) is 0 Å². The van der Waals surface area contributed by atoms with Crippen LogP contribution in [0.4, 0.5) is 0 Å². The average Bonchev–Trinajstić information content (AvgIpc) is 2.47. The van der Waals surface area contributed by atoms with Crippen LogP contribution in [0, 0.1) is 11.3 Å². The summed E-state index contributed by atoms with van der Waals surface area (Å²) in [5.74, 6) is 0. The fourth-order valence-electron chi connectivity index (χ4n) is 0.823. The van der Waals surface area contributed by atoms with E-state index in [1.165, 1.54) is 17.1 Å². The predicted molar refractivity (Wildman–Crippen MR) is 45.6 cm³/mol. The average molecular weight is 199 g/mol. The summed E-state index contributed by atoms with van der Waals surface area (Å²) in [7, 11) is -3.17. The molecule has 1 aromatic heterocycles. The second-order valence-electron chi connectivity index (χ2n) is 2.62. The molecule has 1 heterocycles. The molecule has 0 saturated carbocycles. The van der Waals surface area contributed by atoms with Crippen LogP contribution in [0.15, 0.2) is 17.3 Å². The van der Waals surface area contributed by atoms with E-state index in [1.807, 2.05) is 6.07 Å². The summed E-state index contributed by atoms with van der Waals surface area (Å²) in [5.41, 5.74) is 0. The molecular weight excluding hydrogens is 190 g/mol. The Morgan fingerprint density at radius 2 is 2.38 bits per heavy atom. The third kappa shape index (κ3) is 2.56. The van der Waals surface area contributed by atoms with E-state index < -0.39 is 9.84 Å². The second-order valence-corrected chi connectivity index (χ2v) is 4.64. The minimum Gasteiger partial charge on any atom is -0.270 e. The Balaban J connectivity index is 2.83. The van der Waals surface area contributed by atoms with Gasteiger partial charge in [0.25, 0.3) is 0 Å². The molecule has 0 spiro atoms. The Morgan fingerprint density at radius 1 is 1.69 bits per heavy atom. The van der Waals surface area contributed by atoms with Gasteiger partial charge in [0.05, 0.1) is 25.2 Å². The maximum atomic E-state index is 11.0. The largest absolute Gasteiger partial charge is 0.270 e. The lowest BCUT2D eigenvalue weighted by Gasteiger charge is -1.93. The third-order valence-corrected chi connectivity index (χ3v) is 2.56. The van der Waals surface area contributed by atoms with Gasteiger partial charge in [-0.1, -0.05) is 0 Å². The molecule has 0 aliphatic heterocycles. The van der Waals surface area contributed by atoms with Gasteiger partial charge in [0.1, 0.15) is 4.90 Å². The minimum atomic E-state index is -3.17. The fourth-order valence-corrected chi connectivity index (χ4v) is 1.37. The van der Waals surface area contributed by atoms with Gasteiger partial charge in [0.15, 0.2) is 9.84 Å². The molecule has 0 radical (unpaired) electrons. The van der Waals surface area contributed by atoms with Crippen LogP contribution in [0.3, 0.4) is 0 Å². The van der Waals surface area contributed by atoms with Gasteiger partial charge in [-0.15, -0.1) is 0 Å². The van der Waals surface area contributed by atoms with Crippen LogP contribution in [-0.2, 0) is 16.4 Å². The highest BCUT2D eigenvalue weighted by Crippen LogP contribution is 2.06. The number of rotatable bonds is 3. The second kappa shape index (κ2) is 3.58. The first-order chi connectivity index (χ1) is 6.04. The maximum absolute atomic E-state index is 11.0. The molecule has 0 unspecified atom stereocenters. The van der Waals surface area contributed by atoms with E-state index >= 15 is 0 Å². The molecule has 1 rings (SSSR count). The van der Waals surface area contributed by atoms with Crippen molar-refractivity contribution in [3.05, 3.63) is 12.4 Å². The van der Waals surface area contributed by atoms with E-state index in [2.05, 4.69) is 5.10 Å². The van der Waals surface area contributed by atoms with E-state index in [-0.39, 0.29) is 4.90 Å². The van der Waals surface area contributed by atoms with Gasteiger partial charge in [-0.05, 0) is 0 Å². The van der Waals surface area contributed by atoms with Crippen LogP contribution in [0.25, 0.3) is 0 Å². The summed E-state index contributed by atoms with van der Waals surface area (Å²) in [6.45, 7) is 0.423. The summed E-state index contributed by atoms with van der Waals surface area (Å²) >= 11 is 0. The summed E-state index contributed by atoms with van der Waals surface area (Å²) in [6, 6.07) is 1.95. The Labute approximate surface area is 76.5 Å². The molecule has 6 heteroatoms. The van der Waals surface area contributed by atoms with Crippen molar-refractivity contribution < 1.29 is 8.42 Å². The zero-order chi connectivity index (χ0) is 9.90. The van der Waals surface area contributed by atoms with Crippen molar-refractivity contribution in [2.75, 3.05) is 6.26 Å². The molecule has 0 aliphatic rings. The molecule has 1 aromatic rings. The van der Waals surface area contributed by atoms with Crippen molar-refractivity contribution in [2.24, 2.45) is 0 Å². The van der Waals surface area contributed by atoms with E-state index in [1.54, 1.807) is 0 Å². The number of nitriles is 1. The van der Waals surface area contributed by atoms with Gasteiger partial charge in [0, 0.05) is 12.5 Å². The van der Waals surface area contributed by atoms with Crippen LogP contribution in [0.5, 0.6) is 0 Å². The number of hydrogen-bond donors (Lipinski definition) is 0. The first-order valence-corrected chi connectivity index (χ1v) is 5.52. The zero-order valence-corrected chi connectivity index (χ0v) is 7.95. The van der Waals surface area contributed by atoms with Crippen molar-refractivity contribution in [3.8, 4) is 6.07 Å².